The van der Waals surface area contributed by atoms with E-state index in [1.165, 1.54) is 0 Å². The minimum Gasteiger partial charge on any atom is -0.396 e. The van der Waals surface area contributed by atoms with Gasteiger partial charge in [0, 0.05) is 19.1 Å². The standard InChI is InChI=1S/C9H17NO2/c11-7-3-1-2-4-8-5-6-10-9(8)12/h8,11H,1-7H2,(H,10,12). The molecule has 3 heteroatoms. The van der Waals surface area contributed by atoms with E-state index in [1.807, 2.05) is 0 Å². The summed E-state index contributed by atoms with van der Waals surface area (Å²) in [4.78, 5) is 11.1. The Kier molecular flexibility index (Phi) is 4.08. The average molecular weight is 171 g/mol. The van der Waals surface area contributed by atoms with Crippen molar-refractivity contribution in [3.8, 4) is 0 Å². The lowest BCUT2D eigenvalue weighted by Gasteiger charge is -2.04. The zero-order chi connectivity index (χ0) is 8.81. The predicted molar refractivity (Wildman–Crippen MR) is 46.7 cm³/mol. The van der Waals surface area contributed by atoms with Crippen LogP contribution in [0.2, 0.25) is 0 Å². The van der Waals surface area contributed by atoms with Gasteiger partial charge in [-0.3, -0.25) is 4.79 Å². The Balaban J connectivity index is 2.02. The van der Waals surface area contributed by atoms with Gasteiger partial charge in [-0.05, 0) is 19.3 Å². The number of carbonyl (C=O) groups is 1. The fourth-order valence-electron chi connectivity index (χ4n) is 1.60. The number of aliphatic hydroxyl groups is 1. The van der Waals surface area contributed by atoms with Crippen molar-refractivity contribution in [1.82, 2.24) is 5.32 Å². The SMILES string of the molecule is O=C1NCCC1CCCCCO. The lowest BCUT2D eigenvalue weighted by atomic mass is 10.0. The molecule has 1 amide bonds. The molecule has 1 aliphatic heterocycles. The molecular weight excluding hydrogens is 154 g/mol. The number of aliphatic hydroxyl groups excluding tert-OH is 1. The van der Waals surface area contributed by atoms with Gasteiger partial charge in [0.25, 0.3) is 0 Å². The number of rotatable bonds is 5. The molecule has 1 rings (SSSR count). The Morgan fingerprint density at radius 2 is 2.25 bits per heavy atom. The molecule has 1 aliphatic rings. The third-order valence-corrected chi connectivity index (χ3v) is 2.37. The van der Waals surface area contributed by atoms with E-state index in [9.17, 15) is 4.79 Å². The van der Waals surface area contributed by atoms with Gasteiger partial charge in [0.15, 0.2) is 0 Å². The number of hydrogen-bond donors (Lipinski definition) is 2. The smallest absolute Gasteiger partial charge is 0.223 e. The summed E-state index contributed by atoms with van der Waals surface area (Å²) in [6.07, 6.45) is 4.97. The summed E-state index contributed by atoms with van der Waals surface area (Å²) in [6.45, 7) is 1.13. The Hall–Kier alpha value is -0.570. The van der Waals surface area contributed by atoms with Crippen molar-refractivity contribution in [1.29, 1.82) is 0 Å². The molecule has 0 aromatic heterocycles. The van der Waals surface area contributed by atoms with Crippen LogP contribution in [-0.4, -0.2) is 24.2 Å². The molecule has 3 nitrogen and oxygen atoms in total. The zero-order valence-electron chi connectivity index (χ0n) is 7.38. The van der Waals surface area contributed by atoms with Crippen molar-refractivity contribution in [2.45, 2.75) is 32.1 Å². The number of hydrogen-bond acceptors (Lipinski definition) is 2. The van der Waals surface area contributed by atoms with Gasteiger partial charge in [0.2, 0.25) is 5.91 Å². The first-order chi connectivity index (χ1) is 5.84. The van der Waals surface area contributed by atoms with Gasteiger partial charge < -0.3 is 10.4 Å². The molecule has 1 atom stereocenters. The van der Waals surface area contributed by atoms with Gasteiger partial charge in [0.1, 0.15) is 0 Å². The molecule has 70 valence electrons. The molecule has 0 bridgehead atoms. The molecule has 2 N–H and O–H groups in total. The van der Waals surface area contributed by atoms with Gasteiger partial charge in [-0.15, -0.1) is 0 Å². The van der Waals surface area contributed by atoms with Gasteiger partial charge in [-0.25, -0.2) is 0 Å². The van der Waals surface area contributed by atoms with Crippen LogP contribution in [0.5, 0.6) is 0 Å². The maximum atomic E-state index is 11.1. The Bertz CT molecular complexity index is 147. The topological polar surface area (TPSA) is 49.3 Å². The number of unbranched alkanes of at least 4 members (excludes halogenated alkanes) is 2. The molecule has 0 aliphatic carbocycles. The highest BCUT2D eigenvalue weighted by molar-refractivity contribution is 5.80. The second-order valence-electron chi connectivity index (χ2n) is 3.35. The second kappa shape index (κ2) is 5.14. The quantitative estimate of drug-likeness (QED) is 0.597. The summed E-state index contributed by atoms with van der Waals surface area (Å²) >= 11 is 0. The second-order valence-corrected chi connectivity index (χ2v) is 3.35. The van der Waals surface area contributed by atoms with Gasteiger partial charge in [-0.1, -0.05) is 12.8 Å². The summed E-state index contributed by atoms with van der Waals surface area (Å²) in [6, 6.07) is 0. The summed E-state index contributed by atoms with van der Waals surface area (Å²) in [5.41, 5.74) is 0. The first-order valence-electron chi connectivity index (χ1n) is 4.73. The highest BCUT2D eigenvalue weighted by Crippen LogP contribution is 2.17. The summed E-state index contributed by atoms with van der Waals surface area (Å²) in [7, 11) is 0. The van der Waals surface area contributed by atoms with Crippen LogP contribution in [0.25, 0.3) is 0 Å². The van der Waals surface area contributed by atoms with Crippen LogP contribution in [0.15, 0.2) is 0 Å². The van der Waals surface area contributed by atoms with E-state index in [0.717, 1.165) is 38.6 Å². The minimum atomic E-state index is 0.221. The van der Waals surface area contributed by atoms with Crippen LogP contribution in [0.4, 0.5) is 0 Å². The molecule has 0 aromatic rings. The summed E-state index contributed by atoms with van der Waals surface area (Å²) in [5, 5.41) is 11.4. The van der Waals surface area contributed by atoms with Crippen molar-refractivity contribution >= 4 is 5.91 Å². The molecular formula is C9H17NO2. The van der Waals surface area contributed by atoms with E-state index in [0.29, 0.717) is 0 Å². The van der Waals surface area contributed by atoms with E-state index >= 15 is 0 Å². The van der Waals surface area contributed by atoms with E-state index in [-0.39, 0.29) is 18.4 Å². The molecule has 12 heavy (non-hydrogen) atoms. The Morgan fingerprint density at radius 3 is 2.83 bits per heavy atom. The highest BCUT2D eigenvalue weighted by atomic mass is 16.2. The van der Waals surface area contributed by atoms with Crippen LogP contribution in [0, 0.1) is 5.92 Å². The van der Waals surface area contributed by atoms with Crippen molar-refractivity contribution in [3.63, 3.8) is 0 Å². The van der Waals surface area contributed by atoms with E-state index < -0.39 is 0 Å². The van der Waals surface area contributed by atoms with Crippen LogP contribution in [0.3, 0.4) is 0 Å². The molecule has 0 spiro atoms. The van der Waals surface area contributed by atoms with Crippen molar-refractivity contribution < 1.29 is 9.90 Å². The fraction of sp³-hybridized carbons (Fsp3) is 0.889. The van der Waals surface area contributed by atoms with Crippen LogP contribution < -0.4 is 5.32 Å². The van der Waals surface area contributed by atoms with Gasteiger partial charge in [0.05, 0.1) is 0 Å². The highest BCUT2D eigenvalue weighted by Gasteiger charge is 2.22. The predicted octanol–water partition coefficient (Wildman–Crippen LogP) is 0.675. The summed E-state index contributed by atoms with van der Waals surface area (Å²) in [5.74, 6) is 0.475. The first-order valence-corrected chi connectivity index (χ1v) is 4.73. The van der Waals surface area contributed by atoms with Crippen molar-refractivity contribution in [2.75, 3.05) is 13.2 Å². The van der Waals surface area contributed by atoms with Gasteiger partial charge in [-0.2, -0.15) is 0 Å². The first kappa shape index (κ1) is 9.52. The fourth-order valence-corrected chi connectivity index (χ4v) is 1.60. The van der Waals surface area contributed by atoms with E-state index in [4.69, 9.17) is 5.11 Å². The van der Waals surface area contributed by atoms with Crippen molar-refractivity contribution in [2.24, 2.45) is 5.92 Å². The van der Waals surface area contributed by atoms with Gasteiger partial charge >= 0.3 is 0 Å². The number of carbonyl (C=O) groups excluding carboxylic acids is 1. The molecule has 1 heterocycles. The molecule has 1 unspecified atom stereocenters. The monoisotopic (exact) mass is 171 g/mol. The summed E-state index contributed by atoms with van der Waals surface area (Å²) < 4.78 is 0. The van der Waals surface area contributed by atoms with Crippen LogP contribution >= 0.6 is 0 Å². The third kappa shape index (κ3) is 2.81. The number of amides is 1. The van der Waals surface area contributed by atoms with Crippen LogP contribution in [-0.2, 0) is 4.79 Å². The van der Waals surface area contributed by atoms with E-state index in [1.54, 1.807) is 0 Å². The Labute approximate surface area is 73.2 Å². The number of nitrogens with one attached hydrogen (secondary N) is 1. The largest absolute Gasteiger partial charge is 0.396 e. The van der Waals surface area contributed by atoms with Crippen LogP contribution in [0.1, 0.15) is 32.1 Å². The Morgan fingerprint density at radius 1 is 1.42 bits per heavy atom. The third-order valence-electron chi connectivity index (χ3n) is 2.37. The lowest BCUT2D eigenvalue weighted by molar-refractivity contribution is -0.122. The zero-order valence-corrected chi connectivity index (χ0v) is 7.38. The molecule has 1 saturated heterocycles. The van der Waals surface area contributed by atoms with E-state index in [2.05, 4.69) is 5.32 Å². The maximum Gasteiger partial charge on any atom is 0.223 e. The molecule has 0 radical (unpaired) electrons. The normalized spacial score (nSPS) is 22.8. The molecule has 0 aromatic carbocycles. The maximum absolute atomic E-state index is 11.1. The lowest BCUT2D eigenvalue weighted by Crippen LogP contribution is -2.18. The molecule has 1 fully saturated rings. The van der Waals surface area contributed by atoms with Crippen molar-refractivity contribution in [3.05, 3.63) is 0 Å². The molecule has 0 saturated carbocycles. The average Bonchev–Trinajstić information content (AvgIpc) is 2.46. The minimum absolute atomic E-state index is 0.221.